The number of benzene rings is 1. The van der Waals surface area contributed by atoms with E-state index < -0.39 is 0 Å². The van der Waals surface area contributed by atoms with E-state index >= 15 is 0 Å². The lowest BCUT2D eigenvalue weighted by molar-refractivity contribution is 0.627. The predicted octanol–water partition coefficient (Wildman–Crippen LogP) is 4.87. The van der Waals surface area contributed by atoms with Gasteiger partial charge in [0.2, 0.25) is 0 Å². The molecule has 96 valence electrons. The summed E-state index contributed by atoms with van der Waals surface area (Å²) >= 11 is 9.36. The van der Waals surface area contributed by atoms with E-state index in [1.165, 1.54) is 0 Å². The van der Waals surface area contributed by atoms with Crippen molar-refractivity contribution in [3.8, 4) is 11.5 Å². The van der Waals surface area contributed by atoms with E-state index in [9.17, 15) is 0 Å². The van der Waals surface area contributed by atoms with E-state index in [1.807, 2.05) is 37.3 Å². The van der Waals surface area contributed by atoms with Gasteiger partial charge in [0.05, 0.1) is 0 Å². The first-order valence-electron chi connectivity index (χ1n) is 5.88. The van der Waals surface area contributed by atoms with Gasteiger partial charge in [-0.2, -0.15) is 0 Å². The minimum Gasteiger partial charge on any atom is -0.454 e. The second-order valence-corrected chi connectivity index (χ2v) is 5.39. The molecule has 2 aromatic heterocycles. The van der Waals surface area contributed by atoms with Gasteiger partial charge in [-0.3, -0.25) is 0 Å². The number of hydrogen-bond donors (Lipinski definition) is 0. The molecule has 0 N–H and O–H groups in total. The van der Waals surface area contributed by atoms with E-state index in [1.54, 1.807) is 0 Å². The molecule has 0 aliphatic rings. The van der Waals surface area contributed by atoms with Crippen LogP contribution in [0.5, 0.6) is 0 Å². The summed E-state index contributed by atoms with van der Waals surface area (Å²) in [4.78, 5) is 8.76. The van der Waals surface area contributed by atoms with Crippen LogP contribution in [0.1, 0.15) is 12.7 Å². The third-order valence-corrected chi connectivity index (χ3v) is 3.43. The summed E-state index contributed by atoms with van der Waals surface area (Å²) in [5.74, 6) is 1.50. The lowest BCUT2D eigenvalue weighted by atomic mass is 10.2. The third kappa shape index (κ3) is 2.51. The lowest BCUT2D eigenvalue weighted by Crippen LogP contribution is -1.94. The summed E-state index contributed by atoms with van der Waals surface area (Å²) in [6.45, 7) is 2.02. The molecule has 1 aromatic carbocycles. The highest BCUT2D eigenvalue weighted by Gasteiger charge is 2.10. The summed E-state index contributed by atoms with van der Waals surface area (Å²) in [5, 5.41) is 1.66. The SMILES string of the molecule is CCc1nc(Br)cc(-c2cc3cc(Cl)ccc3o2)n1. The number of fused-ring (bicyclic) bond motifs is 1. The molecule has 0 spiro atoms. The molecule has 0 fully saturated rings. The number of aromatic nitrogens is 2. The topological polar surface area (TPSA) is 38.9 Å². The second-order valence-electron chi connectivity index (χ2n) is 4.14. The van der Waals surface area contributed by atoms with Gasteiger partial charge in [0.25, 0.3) is 0 Å². The molecular formula is C14H10BrClN2O. The van der Waals surface area contributed by atoms with Gasteiger partial charge in [-0.15, -0.1) is 0 Å². The Bertz CT molecular complexity index is 754. The van der Waals surface area contributed by atoms with Gasteiger partial charge in [-0.1, -0.05) is 18.5 Å². The van der Waals surface area contributed by atoms with E-state index in [-0.39, 0.29) is 0 Å². The van der Waals surface area contributed by atoms with Crippen molar-refractivity contribution >= 4 is 38.5 Å². The molecule has 3 nitrogen and oxygen atoms in total. The molecule has 3 aromatic rings. The minimum absolute atomic E-state index is 0.693. The lowest BCUT2D eigenvalue weighted by Gasteiger charge is -2.00. The van der Waals surface area contributed by atoms with Crippen molar-refractivity contribution in [1.29, 1.82) is 0 Å². The Morgan fingerprint density at radius 2 is 2.05 bits per heavy atom. The van der Waals surface area contributed by atoms with Crippen LogP contribution in [0.3, 0.4) is 0 Å². The average molecular weight is 338 g/mol. The van der Waals surface area contributed by atoms with Crippen LogP contribution in [0.2, 0.25) is 5.02 Å². The van der Waals surface area contributed by atoms with Crippen LogP contribution in [-0.2, 0) is 6.42 Å². The third-order valence-electron chi connectivity index (χ3n) is 2.79. The molecule has 0 amide bonds. The first-order valence-corrected chi connectivity index (χ1v) is 7.05. The molecule has 0 unspecified atom stereocenters. The van der Waals surface area contributed by atoms with E-state index in [0.29, 0.717) is 5.02 Å². The van der Waals surface area contributed by atoms with Crippen molar-refractivity contribution in [3.63, 3.8) is 0 Å². The van der Waals surface area contributed by atoms with Crippen LogP contribution in [-0.4, -0.2) is 9.97 Å². The fourth-order valence-electron chi connectivity index (χ4n) is 1.89. The van der Waals surface area contributed by atoms with Gasteiger partial charge in [0.15, 0.2) is 5.76 Å². The number of nitrogens with zero attached hydrogens (tertiary/aromatic N) is 2. The quantitative estimate of drug-likeness (QED) is 0.626. The van der Waals surface area contributed by atoms with Gasteiger partial charge >= 0.3 is 0 Å². The molecular weight excluding hydrogens is 328 g/mol. The highest BCUT2D eigenvalue weighted by atomic mass is 79.9. The first kappa shape index (κ1) is 12.6. The zero-order valence-corrected chi connectivity index (χ0v) is 12.5. The molecule has 0 radical (unpaired) electrons. The van der Waals surface area contributed by atoms with Gasteiger partial charge in [-0.05, 0) is 40.2 Å². The predicted molar refractivity (Wildman–Crippen MR) is 79.3 cm³/mol. The Labute approximate surface area is 123 Å². The normalized spacial score (nSPS) is 11.1. The summed E-state index contributed by atoms with van der Waals surface area (Å²) in [6, 6.07) is 9.33. The zero-order chi connectivity index (χ0) is 13.4. The number of aryl methyl sites for hydroxylation is 1. The van der Waals surface area contributed by atoms with Crippen LogP contribution in [0.15, 0.2) is 39.4 Å². The largest absolute Gasteiger partial charge is 0.454 e. The van der Waals surface area contributed by atoms with Crippen molar-refractivity contribution in [2.75, 3.05) is 0 Å². The molecule has 0 saturated carbocycles. The van der Waals surface area contributed by atoms with Crippen molar-refractivity contribution in [2.24, 2.45) is 0 Å². The Hall–Kier alpha value is -1.39. The maximum absolute atomic E-state index is 5.97. The van der Waals surface area contributed by atoms with Crippen molar-refractivity contribution in [3.05, 3.63) is 45.8 Å². The Morgan fingerprint density at radius 1 is 1.21 bits per heavy atom. The van der Waals surface area contributed by atoms with Crippen LogP contribution in [0.25, 0.3) is 22.4 Å². The monoisotopic (exact) mass is 336 g/mol. The average Bonchev–Trinajstić information content (AvgIpc) is 2.80. The fourth-order valence-corrected chi connectivity index (χ4v) is 2.49. The Balaban J connectivity index is 2.15. The molecule has 0 atom stereocenters. The van der Waals surface area contributed by atoms with Crippen molar-refractivity contribution in [1.82, 2.24) is 9.97 Å². The van der Waals surface area contributed by atoms with Gasteiger partial charge in [0, 0.05) is 22.9 Å². The first-order chi connectivity index (χ1) is 9.15. The molecule has 3 rings (SSSR count). The maximum Gasteiger partial charge on any atom is 0.153 e. The highest BCUT2D eigenvalue weighted by Crippen LogP contribution is 2.29. The number of furan rings is 1. The molecule has 0 saturated heterocycles. The fraction of sp³-hybridized carbons (Fsp3) is 0.143. The summed E-state index contributed by atoms with van der Waals surface area (Å²) in [7, 11) is 0. The summed E-state index contributed by atoms with van der Waals surface area (Å²) in [5.41, 5.74) is 1.57. The molecule has 2 heterocycles. The van der Waals surface area contributed by atoms with Gasteiger partial charge in [-0.25, -0.2) is 9.97 Å². The second kappa shape index (κ2) is 4.94. The zero-order valence-electron chi connectivity index (χ0n) is 10.2. The summed E-state index contributed by atoms with van der Waals surface area (Å²) in [6.07, 6.45) is 0.776. The van der Waals surface area contributed by atoms with Gasteiger partial charge < -0.3 is 4.42 Å². The standard InChI is InChI=1S/C14H10BrClN2O/c1-2-14-17-10(7-13(15)18-14)12-6-8-5-9(16)3-4-11(8)19-12/h3-7H,2H2,1H3. The van der Waals surface area contributed by atoms with Crippen LogP contribution in [0, 0.1) is 0 Å². The van der Waals surface area contributed by atoms with Crippen LogP contribution in [0.4, 0.5) is 0 Å². The molecule has 0 aliphatic carbocycles. The van der Waals surface area contributed by atoms with Crippen LogP contribution < -0.4 is 0 Å². The van der Waals surface area contributed by atoms with Gasteiger partial charge in [0.1, 0.15) is 21.7 Å². The Kier molecular flexibility index (Phi) is 3.29. The molecule has 0 bridgehead atoms. The number of hydrogen-bond acceptors (Lipinski definition) is 3. The van der Waals surface area contributed by atoms with Crippen molar-refractivity contribution in [2.45, 2.75) is 13.3 Å². The van der Waals surface area contributed by atoms with E-state index in [0.717, 1.165) is 39.3 Å². The van der Waals surface area contributed by atoms with E-state index in [2.05, 4.69) is 25.9 Å². The molecule has 0 aliphatic heterocycles. The maximum atomic E-state index is 5.97. The number of rotatable bonds is 2. The number of halogens is 2. The molecule has 19 heavy (non-hydrogen) atoms. The minimum atomic E-state index is 0.693. The van der Waals surface area contributed by atoms with E-state index in [4.69, 9.17) is 16.0 Å². The smallest absolute Gasteiger partial charge is 0.153 e. The Morgan fingerprint density at radius 3 is 2.84 bits per heavy atom. The van der Waals surface area contributed by atoms with Crippen molar-refractivity contribution < 1.29 is 4.42 Å². The highest BCUT2D eigenvalue weighted by molar-refractivity contribution is 9.10. The molecule has 5 heteroatoms. The van der Waals surface area contributed by atoms with Crippen LogP contribution >= 0.6 is 27.5 Å². The summed E-state index contributed by atoms with van der Waals surface area (Å²) < 4.78 is 6.55.